The summed E-state index contributed by atoms with van der Waals surface area (Å²) in [6.45, 7) is 0. The number of hydrogen-bond acceptors (Lipinski definition) is 2. The lowest BCUT2D eigenvalue weighted by atomic mass is 9.73. The van der Waals surface area contributed by atoms with Gasteiger partial charge in [-0.05, 0) is 46.0 Å². The number of pyridine rings is 1. The van der Waals surface area contributed by atoms with Crippen molar-refractivity contribution in [3.63, 3.8) is 0 Å². The van der Waals surface area contributed by atoms with Crippen LogP contribution in [0.3, 0.4) is 0 Å². The Bertz CT molecular complexity index is 2050. The molecule has 5 aromatic carbocycles. The van der Waals surface area contributed by atoms with Gasteiger partial charge < -0.3 is 4.42 Å². The first-order valence-electron chi connectivity index (χ1n) is 13.1. The lowest BCUT2D eigenvalue weighted by Gasteiger charge is -2.28. The molecule has 0 atom stereocenters. The van der Waals surface area contributed by atoms with Crippen LogP contribution < -0.4 is 0 Å². The Kier molecular flexibility index (Phi) is 3.76. The van der Waals surface area contributed by atoms with E-state index in [1.54, 1.807) is 0 Å². The average molecular weight is 484 g/mol. The number of nitrogens with zero attached hydrogens (tertiary/aromatic N) is 1. The van der Waals surface area contributed by atoms with Crippen molar-refractivity contribution < 1.29 is 4.42 Å². The molecule has 0 saturated carbocycles. The van der Waals surface area contributed by atoms with E-state index in [2.05, 4.69) is 127 Å². The monoisotopic (exact) mass is 483 g/mol. The van der Waals surface area contributed by atoms with Crippen molar-refractivity contribution >= 4 is 21.9 Å². The molecular weight excluding hydrogens is 462 g/mol. The fraction of sp³-hybridized carbons (Fsp3) is 0.0278. The van der Waals surface area contributed by atoms with Crippen molar-refractivity contribution in [3.05, 3.63) is 150 Å². The molecule has 0 radical (unpaired) electrons. The van der Waals surface area contributed by atoms with Gasteiger partial charge in [-0.1, -0.05) is 109 Å². The molecule has 2 aliphatic carbocycles. The van der Waals surface area contributed by atoms with Gasteiger partial charge in [0.1, 0.15) is 16.8 Å². The van der Waals surface area contributed by atoms with Gasteiger partial charge in [-0.15, -0.1) is 0 Å². The van der Waals surface area contributed by atoms with Crippen molar-refractivity contribution in [2.24, 2.45) is 0 Å². The van der Waals surface area contributed by atoms with Crippen LogP contribution in [0.25, 0.3) is 55.4 Å². The smallest absolute Gasteiger partial charge is 0.135 e. The second kappa shape index (κ2) is 7.08. The average Bonchev–Trinajstić information content (AvgIpc) is 3.60. The van der Waals surface area contributed by atoms with Crippen LogP contribution in [0.15, 0.2) is 132 Å². The van der Waals surface area contributed by atoms with E-state index < -0.39 is 5.41 Å². The molecule has 0 aliphatic heterocycles. The van der Waals surface area contributed by atoms with Gasteiger partial charge in [0.05, 0.1) is 11.2 Å². The van der Waals surface area contributed by atoms with Crippen molar-refractivity contribution in [2.75, 3.05) is 0 Å². The third-order valence-corrected chi connectivity index (χ3v) is 8.48. The maximum Gasteiger partial charge on any atom is 0.135 e. The molecule has 2 nitrogen and oxygen atoms in total. The van der Waals surface area contributed by atoms with E-state index in [1.807, 2.05) is 0 Å². The topological polar surface area (TPSA) is 26.0 Å². The van der Waals surface area contributed by atoms with Gasteiger partial charge in [0.25, 0.3) is 0 Å². The van der Waals surface area contributed by atoms with Crippen molar-refractivity contribution in [1.82, 2.24) is 4.98 Å². The van der Waals surface area contributed by atoms with Gasteiger partial charge in [0, 0.05) is 27.5 Å². The van der Waals surface area contributed by atoms with Crippen LogP contribution in [0.2, 0.25) is 0 Å². The third kappa shape index (κ3) is 2.32. The molecule has 0 unspecified atom stereocenters. The highest BCUT2D eigenvalue weighted by Crippen LogP contribution is 2.65. The maximum atomic E-state index is 6.89. The number of furan rings is 1. The molecule has 2 heterocycles. The lowest BCUT2D eigenvalue weighted by Crippen LogP contribution is -2.25. The molecule has 0 bridgehead atoms. The Balaban J connectivity index is 1.47. The van der Waals surface area contributed by atoms with Gasteiger partial charge in [-0.25, -0.2) is 4.98 Å². The number of fused-ring (bicyclic) bond motifs is 13. The summed E-state index contributed by atoms with van der Waals surface area (Å²) in [4.78, 5) is 5.13. The van der Waals surface area contributed by atoms with E-state index in [0.29, 0.717) is 0 Å². The van der Waals surface area contributed by atoms with Crippen LogP contribution in [-0.4, -0.2) is 4.98 Å². The highest BCUT2D eigenvalue weighted by molar-refractivity contribution is 6.08. The van der Waals surface area contributed by atoms with Crippen molar-refractivity contribution in [3.8, 4) is 33.5 Å². The summed E-state index contributed by atoms with van der Waals surface area (Å²) in [5.74, 6) is 1.01. The molecular formula is C36H21NO. The zero-order chi connectivity index (χ0) is 24.8. The maximum absolute atomic E-state index is 6.89. The molecule has 0 N–H and O–H groups in total. The van der Waals surface area contributed by atoms with E-state index >= 15 is 0 Å². The second-order valence-corrected chi connectivity index (χ2v) is 10.3. The largest absolute Gasteiger partial charge is 0.459 e. The van der Waals surface area contributed by atoms with Gasteiger partial charge in [-0.2, -0.15) is 0 Å². The van der Waals surface area contributed by atoms with E-state index in [9.17, 15) is 0 Å². The van der Waals surface area contributed by atoms with Crippen molar-refractivity contribution in [1.29, 1.82) is 0 Å². The molecule has 2 heteroatoms. The molecule has 9 rings (SSSR count). The summed E-state index contributed by atoms with van der Waals surface area (Å²) in [7, 11) is 0. The van der Waals surface area contributed by atoms with Gasteiger partial charge in [-0.3, -0.25) is 0 Å². The molecule has 0 saturated heterocycles. The Hall–Kier alpha value is -4.95. The summed E-state index contributed by atoms with van der Waals surface area (Å²) in [6, 6.07) is 45.4. The minimum Gasteiger partial charge on any atom is -0.459 e. The molecule has 0 amide bonds. The minimum atomic E-state index is -0.510. The number of para-hydroxylation sites is 2. The summed E-state index contributed by atoms with van der Waals surface area (Å²) in [5, 5.41) is 2.30. The van der Waals surface area contributed by atoms with E-state index in [4.69, 9.17) is 9.40 Å². The third-order valence-electron chi connectivity index (χ3n) is 8.48. The number of hydrogen-bond donors (Lipinski definition) is 0. The molecule has 2 aromatic heterocycles. The first kappa shape index (κ1) is 20.1. The van der Waals surface area contributed by atoms with Crippen LogP contribution in [-0.2, 0) is 5.41 Å². The molecule has 1 spiro atoms. The van der Waals surface area contributed by atoms with Crippen LogP contribution >= 0.6 is 0 Å². The summed E-state index contributed by atoms with van der Waals surface area (Å²) >= 11 is 0. The lowest BCUT2D eigenvalue weighted by molar-refractivity contribution is 0.507. The first-order chi connectivity index (χ1) is 18.9. The number of aromatic nitrogens is 1. The summed E-state index contributed by atoms with van der Waals surface area (Å²) in [6.07, 6.45) is 0. The molecule has 176 valence electrons. The predicted octanol–water partition coefficient (Wildman–Crippen LogP) is 8.99. The van der Waals surface area contributed by atoms with Crippen LogP contribution in [0.4, 0.5) is 0 Å². The van der Waals surface area contributed by atoms with Gasteiger partial charge in [0.2, 0.25) is 0 Å². The highest BCUT2D eigenvalue weighted by atomic mass is 16.3. The SMILES string of the molecule is c1ccc2c(c1)-c1ccccc1C21c2cccc(-c3ccc4ccccc4n3)c2-c2c1oc1ccccc21. The molecule has 2 aliphatic rings. The fourth-order valence-electron chi connectivity index (χ4n) is 7.01. The number of rotatable bonds is 1. The Morgan fingerprint density at radius 2 is 1.16 bits per heavy atom. The van der Waals surface area contributed by atoms with E-state index in [0.717, 1.165) is 38.9 Å². The number of benzene rings is 5. The molecule has 38 heavy (non-hydrogen) atoms. The Morgan fingerprint density at radius 1 is 0.500 bits per heavy atom. The highest BCUT2D eigenvalue weighted by Gasteiger charge is 2.55. The molecule has 7 aromatic rings. The van der Waals surface area contributed by atoms with Crippen LogP contribution in [0.1, 0.15) is 22.5 Å². The fourth-order valence-corrected chi connectivity index (χ4v) is 7.01. The quantitative estimate of drug-likeness (QED) is 0.233. The minimum absolute atomic E-state index is 0.510. The van der Waals surface area contributed by atoms with Crippen LogP contribution in [0.5, 0.6) is 0 Å². The summed E-state index contributed by atoms with van der Waals surface area (Å²) in [5.41, 5.74) is 12.3. The van der Waals surface area contributed by atoms with Crippen molar-refractivity contribution in [2.45, 2.75) is 5.41 Å². The van der Waals surface area contributed by atoms with Gasteiger partial charge in [0.15, 0.2) is 0 Å². The zero-order valence-corrected chi connectivity index (χ0v) is 20.5. The first-order valence-corrected chi connectivity index (χ1v) is 13.1. The zero-order valence-electron chi connectivity index (χ0n) is 20.5. The second-order valence-electron chi connectivity index (χ2n) is 10.3. The molecule has 0 fully saturated rings. The van der Waals surface area contributed by atoms with Gasteiger partial charge >= 0.3 is 0 Å². The Labute approximate surface area is 219 Å². The standard InChI is InChI=1S/C36H21NO/c1-7-18-30-22(10-1)20-21-31(37-30)25-14-9-17-29-33(25)34-26-13-4-8-19-32(26)38-35(34)36(29)27-15-5-2-11-23(27)24-12-3-6-16-28(24)36/h1-21H. The van der Waals surface area contributed by atoms with Crippen LogP contribution in [0, 0.1) is 0 Å². The van der Waals surface area contributed by atoms with E-state index in [1.165, 1.54) is 38.9 Å². The Morgan fingerprint density at radius 3 is 2.00 bits per heavy atom. The van der Waals surface area contributed by atoms with E-state index in [-0.39, 0.29) is 0 Å². The predicted molar refractivity (Wildman–Crippen MR) is 153 cm³/mol. The normalized spacial score (nSPS) is 14.0. The summed E-state index contributed by atoms with van der Waals surface area (Å²) < 4.78 is 6.89.